The van der Waals surface area contributed by atoms with Gasteiger partial charge in [0.2, 0.25) is 6.23 Å². The standard InChI is InChI=1S/C20H13BrCl2N2O2/c21-11-3-6-18-14(8-11)17-10-16(19-2-1-7-26-19)24-25(17)20(27-18)13-5-4-12(22)9-15(13)23/h1-9,17,20H,10H2/t17-,20+/m0/s1. The minimum Gasteiger partial charge on any atom is -0.464 e. The predicted octanol–water partition coefficient (Wildman–Crippen LogP) is 6.59. The molecular formula is C20H13BrCl2N2O2. The monoisotopic (exact) mass is 462 g/mol. The Balaban J connectivity index is 1.64. The summed E-state index contributed by atoms with van der Waals surface area (Å²) in [6.07, 6.45) is 1.94. The SMILES string of the molecule is Clc1ccc([C@H]2Oc3ccc(Br)cc3[C@@H]3CC(c4ccco4)=NN23)c(Cl)c1. The van der Waals surface area contributed by atoms with Gasteiger partial charge in [0.1, 0.15) is 17.2 Å². The van der Waals surface area contributed by atoms with E-state index >= 15 is 0 Å². The third kappa shape index (κ3) is 2.94. The highest BCUT2D eigenvalue weighted by Gasteiger charge is 2.42. The summed E-state index contributed by atoms with van der Waals surface area (Å²) in [6.45, 7) is 0. The van der Waals surface area contributed by atoms with Crippen molar-refractivity contribution in [3.63, 3.8) is 0 Å². The zero-order chi connectivity index (χ0) is 18.5. The molecule has 0 N–H and O–H groups in total. The van der Waals surface area contributed by atoms with E-state index < -0.39 is 6.23 Å². The van der Waals surface area contributed by atoms with Crippen molar-refractivity contribution in [3.05, 3.63) is 86.2 Å². The average Bonchev–Trinajstić information content (AvgIpc) is 3.31. The van der Waals surface area contributed by atoms with Gasteiger partial charge in [-0.05, 0) is 42.5 Å². The maximum atomic E-state index is 6.48. The topological polar surface area (TPSA) is 38.0 Å². The third-order valence-corrected chi connectivity index (χ3v) is 5.84. The molecule has 0 spiro atoms. The number of furan rings is 1. The Morgan fingerprint density at radius 1 is 1.07 bits per heavy atom. The number of hydrogen-bond acceptors (Lipinski definition) is 4. The molecular weight excluding hydrogens is 451 g/mol. The highest BCUT2D eigenvalue weighted by Crippen LogP contribution is 2.49. The van der Waals surface area contributed by atoms with E-state index in [2.05, 4.69) is 22.0 Å². The number of fused-ring (bicyclic) bond motifs is 3. The van der Waals surface area contributed by atoms with Crippen LogP contribution >= 0.6 is 39.1 Å². The van der Waals surface area contributed by atoms with Crippen LogP contribution in [0.1, 0.15) is 35.6 Å². The molecule has 0 bridgehead atoms. The van der Waals surface area contributed by atoms with Crippen LogP contribution in [0.25, 0.3) is 0 Å². The van der Waals surface area contributed by atoms with Gasteiger partial charge in [-0.25, -0.2) is 5.01 Å². The van der Waals surface area contributed by atoms with E-state index in [0.29, 0.717) is 10.0 Å². The van der Waals surface area contributed by atoms with Gasteiger partial charge in [0.05, 0.1) is 17.3 Å². The van der Waals surface area contributed by atoms with E-state index in [-0.39, 0.29) is 6.04 Å². The Labute approximate surface area is 174 Å². The summed E-state index contributed by atoms with van der Waals surface area (Å²) in [7, 11) is 0. The van der Waals surface area contributed by atoms with Gasteiger partial charge in [-0.3, -0.25) is 0 Å². The van der Waals surface area contributed by atoms with Crippen molar-refractivity contribution in [2.45, 2.75) is 18.7 Å². The first kappa shape index (κ1) is 17.2. The first-order valence-corrected chi connectivity index (χ1v) is 9.96. The molecule has 3 aromatic rings. The van der Waals surface area contributed by atoms with Crippen LogP contribution in [0.15, 0.2) is 68.8 Å². The van der Waals surface area contributed by atoms with Crippen molar-refractivity contribution in [1.29, 1.82) is 0 Å². The van der Waals surface area contributed by atoms with Crippen LogP contribution in [0.2, 0.25) is 10.0 Å². The fraction of sp³-hybridized carbons (Fsp3) is 0.150. The Morgan fingerprint density at radius 3 is 2.74 bits per heavy atom. The summed E-state index contributed by atoms with van der Waals surface area (Å²) < 4.78 is 12.9. The van der Waals surface area contributed by atoms with Crippen molar-refractivity contribution in [3.8, 4) is 5.75 Å². The number of hydrazone groups is 1. The number of nitrogens with zero attached hydrogens (tertiary/aromatic N) is 2. The van der Waals surface area contributed by atoms with E-state index in [1.807, 2.05) is 41.4 Å². The van der Waals surface area contributed by atoms with Crippen LogP contribution in [-0.2, 0) is 0 Å². The van der Waals surface area contributed by atoms with Crippen LogP contribution in [0.4, 0.5) is 0 Å². The molecule has 3 heterocycles. The molecule has 0 unspecified atom stereocenters. The average molecular weight is 464 g/mol. The Morgan fingerprint density at radius 2 is 1.96 bits per heavy atom. The van der Waals surface area contributed by atoms with Crippen molar-refractivity contribution >= 4 is 44.8 Å². The van der Waals surface area contributed by atoms with Gasteiger partial charge < -0.3 is 9.15 Å². The zero-order valence-corrected chi connectivity index (χ0v) is 17.0. The first-order valence-electron chi connectivity index (χ1n) is 8.41. The van der Waals surface area contributed by atoms with Gasteiger partial charge in [0, 0.05) is 27.0 Å². The summed E-state index contributed by atoms with van der Waals surface area (Å²) in [5.41, 5.74) is 2.79. The van der Waals surface area contributed by atoms with Gasteiger partial charge in [0.25, 0.3) is 0 Å². The molecule has 7 heteroatoms. The second kappa shape index (κ2) is 6.59. The Bertz CT molecular complexity index is 1050. The number of ether oxygens (including phenoxy) is 1. The molecule has 5 rings (SSSR count). The molecule has 27 heavy (non-hydrogen) atoms. The molecule has 0 saturated heterocycles. The predicted molar refractivity (Wildman–Crippen MR) is 108 cm³/mol. The van der Waals surface area contributed by atoms with Crippen LogP contribution in [0, 0.1) is 0 Å². The van der Waals surface area contributed by atoms with E-state index in [0.717, 1.165) is 39.2 Å². The second-order valence-corrected chi connectivity index (χ2v) is 8.20. The van der Waals surface area contributed by atoms with Gasteiger partial charge in [-0.2, -0.15) is 5.10 Å². The zero-order valence-electron chi connectivity index (χ0n) is 13.9. The molecule has 1 aromatic heterocycles. The van der Waals surface area contributed by atoms with Gasteiger partial charge in [0.15, 0.2) is 0 Å². The van der Waals surface area contributed by atoms with Crippen molar-refractivity contribution in [1.82, 2.24) is 5.01 Å². The maximum Gasteiger partial charge on any atom is 0.215 e. The number of rotatable bonds is 2. The second-order valence-electron chi connectivity index (χ2n) is 6.44. The van der Waals surface area contributed by atoms with E-state index in [4.69, 9.17) is 37.5 Å². The molecule has 4 nitrogen and oxygen atoms in total. The van der Waals surface area contributed by atoms with Gasteiger partial charge in [-0.1, -0.05) is 45.2 Å². The fourth-order valence-corrected chi connectivity index (χ4v) is 4.44. The molecule has 2 aromatic carbocycles. The fourth-order valence-electron chi connectivity index (χ4n) is 3.56. The Hall–Kier alpha value is -1.95. The number of benzene rings is 2. The minimum absolute atomic E-state index is 0.0306. The molecule has 2 atom stereocenters. The third-order valence-electron chi connectivity index (χ3n) is 4.79. The summed E-state index contributed by atoms with van der Waals surface area (Å²) in [6, 6.07) is 15.3. The summed E-state index contributed by atoms with van der Waals surface area (Å²) in [4.78, 5) is 0. The van der Waals surface area contributed by atoms with Crippen LogP contribution < -0.4 is 4.74 Å². The highest BCUT2D eigenvalue weighted by molar-refractivity contribution is 9.10. The lowest BCUT2D eigenvalue weighted by atomic mass is 9.97. The first-order chi connectivity index (χ1) is 13.1. The van der Waals surface area contributed by atoms with Crippen molar-refractivity contribution in [2.24, 2.45) is 5.10 Å². The maximum absolute atomic E-state index is 6.48. The Kier molecular flexibility index (Phi) is 4.19. The van der Waals surface area contributed by atoms with Crippen molar-refractivity contribution < 1.29 is 9.15 Å². The summed E-state index contributed by atoms with van der Waals surface area (Å²) in [5, 5.41) is 7.92. The van der Waals surface area contributed by atoms with E-state index in [1.165, 1.54) is 0 Å². The number of halogens is 3. The van der Waals surface area contributed by atoms with E-state index in [1.54, 1.807) is 12.3 Å². The van der Waals surface area contributed by atoms with Crippen LogP contribution in [0.3, 0.4) is 0 Å². The molecule has 136 valence electrons. The van der Waals surface area contributed by atoms with Gasteiger partial charge >= 0.3 is 0 Å². The highest BCUT2D eigenvalue weighted by atomic mass is 79.9. The van der Waals surface area contributed by atoms with Crippen LogP contribution in [0.5, 0.6) is 5.75 Å². The molecule has 0 aliphatic carbocycles. The molecule has 2 aliphatic heterocycles. The smallest absolute Gasteiger partial charge is 0.215 e. The largest absolute Gasteiger partial charge is 0.464 e. The number of hydrogen-bond donors (Lipinski definition) is 0. The van der Waals surface area contributed by atoms with Crippen LogP contribution in [-0.4, -0.2) is 10.7 Å². The van der Waals surface area contributed by atoms with Crippen molar-refractivity contribution in [2.75, 3.05) is 0 Å². The molecule has 0 amide bonds. The minimum atomic E-state index is -0.444. The lowest BCUT2D eigenvalue weighted by Crippen LogP contribution is -2.33. The molecule has 0 fully saturated rings. The lowest BCUT2D eigenvalue weighted by molar-refractivity contribution is -0.0190. The molecule has 0 radical (unpaired) electrons. The van der Waals surface area contributed by atoms with Gasteiger partial charge in [-0.15, -0.1) is 0 Å². The lowest BCUT2D eigenvalue weighted by Gasteiger charge is -2.38. The van der Waals surface area contributed by atoms with E-state index in [9.17, 15) is 0 Å². The normalized spacial score (nSPS) is 20.7. The summed E-state index contributed by atoms with van der Waals surface area (Å²) >= 11 is 16.1. The molecule has 0 saturated carbocycles. The quantitative estimate of drug-likeness (QED) is 0.430. The molecule has 2 aliphatic rings. The summed E-state index contributed by atoms with van der Waals surface area (Å²) in [5.74, 6) is 1.59.